The smallest absolute Gasteiger partial charge is 0.410 e. The van der Waals surface area contributed by atoms with Crippen LogP contribution in [-0.4, -0.2) is 12.0 Å². The minimum Gasteiger partial charge on any atom is -0.410 e. The van der Waals surface area contributed by atoms with Crippen molar-refractivity contribution in [2.45, 2.75) is 19.4 Å². The van der Waals surface area contributed by atoms with Crippen LogP contribution in [0.1, 0.15) is 30.5 Å². The molecule has 0 fully saturated rings. The van der Waals surface area contributed by atoms with E-state index in [0.29, 0.717) is 17.9 Å². The van der Waals surface area contributed by atoms with Crippen LogP contribution in [0, 0.1) is 0 Å². The molecule has 0 unspecified atom stereocenters. The zero-order valence-corrected chi connectivity index (χ0v) is 15.6. The van der Waals surface area contributed by atoms with Crippen LogP contribution in [-0.2, 0) is 4.79 Å². The molecule has 0 atom stereocenters. The summed E-state index contributed by atoms with van der Waals surface area (Å²) < 4.78 is 5.44. The van der Waals surface area contributed by atoms with Gasteiger partial charge in [-0.3, -0.25) is 4.79 Å². The number of carbonyl (C=O) groups is 2. The first kappa shape index (κ1) is 19.2. The lowest BCUT2D eigenvalue weighted by Gasteiger charge is -2.19. The number of hydrogen-bond acceptors (Lipinski definition) is 3. The fourth-order valence-corrected chi connectivity index (χ4v) is 2.79. The third kappa shape index (κ3) is 5.20. The Morgan fingerprint density at radius 3 is 2.04 bits per heavy atom. The summed E-state index contributed by atoms with van der Waals surface area (Å²) in [6.07, 6.45) is -0.196. The summed E-state index contributed by atoms with van der Waals surface area (Å²) in [5, 5.41) is 5.67. The maximum absolute atomic E-state index is 12.5. The van der Waals surface area contributed by atoms with Crippen LogP contribution >= 0.6 is 0 Å². The number of rotatable bonds is 6. The molecule has 28 heavy (non-hydrogen) atoms. The molecular formula is C23H22N2O3. The van der Waals surface area contributed by atoms with E-state index in [4.69, 9.17) is 4.74 Å². The molecule has 3 aromatic carbocycles. The van der Waals surface area contributed by atoms with E-state index in [-0.39, 0.29) is 11.9 Å². The Kier molecular flexibility index (Phi) is 6.41. The summed E-state index contributed by atoms with van der Waals surface area (Å²) >= 11 is 0. The van der Waals surface area contributed by atoms with Gasteiger partial charge in [0.1, 0.15) is 5.75 Å². The van der Waals surface area contributed by atoms with Gasteiger partial charge in [-0.1, -0.05) is 73.7 Å². The zero-order chi connectivity index (χ0) is 19.8. The van der Waals surface area contributed by atoms with Crippen molar-refractivity contribution in [3.63, 3.8) is 0 Å². The summed E-state index contributed by atoms with van der Waals surface area (Å²) in [7, 11) is 0. The largest absolute Gasteiger partial charge is 0.413 e. The molecular weight excluding hydrogens is 352 g/mol. The summed E-state index contributed by atoms with van der Waals surface area (Å²) in [5.74, 6) is 0.251. The lowest BCUT2D eigenvalue weighted by atomic mass is 9.99. The highest BCUT2D eigenvalue weighted by molar-refractivity contribution is 5.90. The Morgan fingerprint density at radius 1 is 0.857 bits per heavy atom. The van der Waals surface area contributed by atoms with Crippen molar-refractivity contribution < 1.29 is 14.3 Å². The van der Waals surface area contributed by atoms with Crippen molar-refractivity contribution in [3.8, 4) is 5.75 Å². The number of hydrogen-bond donors (Lipinski definition) is 2. The first-order valence-corrected chi connectivity index (χ1v) is 9.14. The van der Waals surface area contributed by atoms with Gasteiger partial charge in [-0.2, -0.15) is 0 Å². The van der Waals surface area contributed by atoms with Crippen molar-refractivity contribution in [2.24, 2.45) is 0 Å². The highest BCUT2D eigenvalue weighted by atomic mass is 16.6. The van der Waals surface area contributed by atoms with Gasteiger partial charge in [0, 0.05) is 18.2 Å². The Balaban J connectivity index is 1.74. The Bertz CT molecular complexity index is 887. The molecule has 3 rings (SSSR count). The van der Waals surface area contributed by atoms with Gasteiger partial charge >= 0.3 is 6.09 Å². The Labute approximate surface area is 164 Å². The van der Waals surface area contributed by atoms with Gasteiger partial charge in [-0.25, -0.2) is 4.79 Å². The molecule has 0 saturated carbocycles. The van der Waals surface area contributed by atoms with Crippen molar-refractivity contribution in [1.82, 2.24) is 5.32 Å². The zero-order valence-electron chi connectivity index (χ0n) is 15.6. The van der Waals surface area contributed by atoms with Gasteiger partial charge in [-0.05, 0) is 23.3 Å². The van der Waals surface area contributed by atoms with E-state index in [0.717, 1.165) is 11.1 Å². The predicted molar refractivity (Wildman–Crippen MR) is 109 cm³/mol. The molecule has 0 aliphatic rings. The molecule has 3 aromatic rings. The average Bonchev–Trinajstić information content (AvgIpc) is 2.73. The summed E-state index contributed by atoms with van der Waals surface area (Å²) in [4.78, 5) is 24.1. The number of amides is 2. The molecule has 5 nitrogen and oxygen atoms in total. The van der Waals surface area contributed by atoms with Crippen LogP contribution in [0.2, 0.25) is 0 Å². The molecule has 0 aliphatic carbocycles. The number of nitrogens with one attached hydrogen (secondary N) is 2. The molecule has 2 N–H and O–H groups in total. The topological polar surface area (TPSA) is 67.4 Å². The molecule has 2 amide bonds. The van der Waals surface area contributed by atoms with Gasteiger partial charge in [0.05, 0.1) is 6.04 Å². The fraction of sp³-hybridized carbons (Fsp3) is 0.130. The van der Waals surface area contributed by atoms with Gasteiger partial charge in [0.15, 0.2) is 0 Å². The quantitative estimate of drug-likeness (QED) is 0.644. The van der Waals surface area contributed by atoms with Crippen LogP contribution in [0.4, 0.5) is 10.5 Å². The second-order valence-electron chi connectivity index (χ2n) is 6.22. The van der Waals surface area contributed by atoms with E-state index in [1.165, 1.54) is 0 Å². The minimum absolute atomic E-state index is 0.102. The van der Waals surface area contributed by atoms with E-state index < -0.39 is 6.09 Å². The molecule has 0 bridgehead atoms. The van der Waals surface area contributed by atoms with Crippen molar-refractivity contribution in [3.05, 3.63) is 96.1 Å². The number of benzene rings is 3. The van der Waals surface area contributed by atoms with Crippen LogP contribution in [0.3, 0.4) is 0 Å². The molecule has 0 spiro atoms. The van der Waals surface area contributed by atoms with Crippen LogP contribution in [0.15, 0.2) is 84.9 Å². The van der Waals surface area contributed by atoms with Crippen molar-refractivity contribution in [1.29, 1.82) is 0 Å². The lowest BCUT2D eigenvalue weighted by molar-refractivity contribution is -0.115. The normalized spacial score (nSPS) is 10.4. The summed E-state index contributed by atoms with van der Waals surface area (Å²) in [6, 6.07) is 25.8. The summed E-state index contributed by atoms with van der Waals surface area (Å²) in [6.45, 7) is 1.77. The minimum atomic E-state index is -0.573. The molecule has 0 aromatic heterocycles. The van der Waals surface area contributed by atoms with E-state index in [1.54, 1.807) is 31.2 Å². The number of carbonyl (C=O) groups excluding carboxylic acids is 2. The number of anilines is 1. The summed E-state index contributed by atoms with van der Waals surface area (Å²) in [5.41, 5.74) is 2.49. The lowest BCUT2D eigenvalue weighted by Crippen LogP contribution is -2.31. The third-order valence-electron chi connectivity index (χ3n) is 4.18. The van der Waals surface area contributed by atoms with Crippen molar-refractivity contribution >= 4 is 17.7 Å². The standard InChI is InChI=1S/C23H22N2O3/c1-2-21(26)24-19-14-9-15-20(16-19)28-23(27)25-22(17-10-5-3-6-11-17)18-12-7-4-8-13-18/h3-16,22H,2H2,1H3,(H,24,26)(H,25,27). The predicted octanol–water partition coefficient (Wildman–Crippen LogP) is 4.91. The van der Waals surface area contributed by atoms with Crippen LogP contribution in [0.5, 0.6) is 5.75 Å². The number of ether oxygens (including phenoxy) is 1. The van der Waals surface area contributed by atoms with Gasteiger partial charge < -0.3 is 15.4 Å². The second-order valence-corrected chi connectivity index (χ2v) is 6.22. The molecule has 0 saturated heterocycles. The Morgan fingerprint density at radius 2 is 1.46 bits per heavy atom. The monoisotopic (exact) mass is 374 g/mol. The van der Waals surface area contributed by atoms with Gasteiger partial charge in [-0.15, -0.1) is 0 Å². The third-order valence-corrected chi connectivity index (χ3v) is 4.18. The first-order chi connectivity index (χ1) is 13.7. The maximum Gasteiger partial charge on any atom is 0.413 e. The van der Waals surface area contributed by atoms with E-state index in [2.05, 4.69) is 10.6 Å². The van der Waals surface area contributed by atoms with E-state index in [9.17, 15) is 9.59 Å². The molecule has 5 heteroatoms. The molecule has 0 aliphatic heterocycles. The van der Waals surface area contributed by atoms with Gasteiger partial charge in [0.25, 0.3) is 0 Å². The molecule has 0 heterocycles. The van der Waals surface area contributed by atoms with Crippen LogP contribution in [0.25, 0.3) is 0 Å². The molecule has 0 radical (unpaired) electrons. The highest BCUT2D eigenvalue weighted by Crippen LogP contribution is 2.23. The first-order valence-electron chi connectivity index (χ1n) is 9.14. The van der Waals surface area contributed by atoms with Crippen LogP contribution < -0.4 is 15.4 Å². The Hall–Kier alpha value is -3.60. The molecule has 142 valence electrons. The highest BCUT2D eigenvalue weighted by Gasteiger charge is 2.18. The SMILES string of the molecule is CCC(=O)Nc1cccc(OC(=O)NC(c2ccccc2)c2ccccc2)c1. The van der Waals surface area contributed by atoms with Crippen molar-refractivity contribution in [2.75, 3.05) is 5.32 Å². The second kappa shape index (κ2) is 9.37. The maximum atomic E-state index is 12.5. The van der Waals surface area contributed by atoms with E-state index in [1.807, 2.05) is 60.7 Å². The van der Waals surface area contributed by atoms with Gasteiger partial charge in [0.2, 0.25) is 5.91 Å². The van der Waals surface area contributed by atoms with E-state index >= 15 is 0 Å². The average molecular weight is 374 g/mol. The fourth-order valence-electron chi connectivity index (χ4n) is 2.79.